The maximum absolute atomic E-state index is 13.3. The topological polar surface area (TPSA) is 163 Å². The molecule has 1 aliphatic heterocycles. The lowest BCUT2D eigenvalue weighted by Crippen LogP contribution is -2.53. The number of carboxylic acid groups (broad SMARTS) is 1. The number of carbonyl (C=O) groups is 5. The molecule has 1 saturated heterocycles. The molecule has 2 unspecified atom stereocenters. The molecule has 1 saturated carbocycles. The standard InChI is InChI=1S/C41H58N4O8/c1-27(2)23-33(43-37(47)26-52-35-14-10-9-13-32(35)41(3,4)5)38(48)44-34(39(49)50)24-29-15-17-31(18-16-29)53-40(51)45-21-19-30(20-22-45)42-36(46)25-28-11-7-6-8-12-28/h9-10,13-18,27-28,30,33-34H,6-8,11-12,19-26H2,1-5H3,(H,42,46)(H,43,47)(H,44,48)(H,49,50). The van der Waals surface area contributed by atoms with Crippen LogP contribution in [0.5, 0.6) is 11.5 Å². The summed E-state index contributed by atoms with van der Waals surface area (Å²) in [6, 6.07) is 11.8. The first-order valence-electron chi connectivity index (χ1n) is 19.1. The average molecular weight is 735 g/mol. The van der Waals surface area contributed by atoms with Crippen molar-refractivity contribution < 1.29 is 38.6 Å². The Bertz CT molecular complexity index is 1540. The van der Waals surface area contributed by atoms with Gasteiger partial charge in [0.15, 0.2) is 6.61 Å². The van der Waals surface area contributed by atoms with Crippen molar-refractivity contribution in [2.24, 2.45) is 11.8 Å². The second-order valence-electron chi connectivity index (χ2n) is 15.9. The highest BCUT2D eigenvalue weighted by Gasteiger charge is 2.29. The molecule has 12 heteroatoms. The molecule has 2 atom stereocenters. The third kappa shape index (κ3) is 13.4. The first-order valence-corrected chi connectivity index (χ1v) is 19.1. The molecule has 12 nitrogen and oxygen atoms in total. The monoisotopic (exact) mass is 734 g/mol. The van der Waals surface area contributed by atoms with Crippen molar-refractivity contribution in [1.82, 2.24) is 20.9 Å². The van der Waals surface area contributed by atoms with E-state index in [0.29, 0.717) is 61.8 Å². The molecule has 0 bridgehead atoms. The number of ether oxygens (including phenoxy) is 2. The summed E-state index contributed by atoms with van der Waals surface area (Å²) in [6.07, 6.45) is 7.62. The zero-order chi connectivity index (χ0) is 38.5. The summed E-state index contributed by atoms with van der Waals surface area (Å²) in [5.74, 6) is -0.809. The normalized spacial score (nSPS) is 16.7. The van der Waals surface area contributed by atoms with Crippen LogP contribution in [0.4, 0.5) is 4.79 Å². The highest BCUT2D eigenvalue weighted by atomic mass is 16.6. The van der Waals surface area contributed by atoms with Gasteiger partial charge in [0.05, 0.1) is 0 Å². The number of likely N-dealkylation sites (tertiary alicyclic amines) is 1. The summed E-state index contributed by atoms with van der Waals surface area (Å²) in [6.45, 7) is 10.6. The summed E-state index contributed by atoms with van der Waals surface area (Å²) in [5.41, 5.74) is 1.36. The number of nitrogens with zero attached hydrogens (tertiary/aromatic N) is 1. The minimum absolute atomic E-state index is 0.0235. The number of piperidine rings is 1. The minimum atomic E-state index is -1.26. The number of nitrogens with one attached hydrogen (secondary N) is 3. The summed E-state index contributed by atoms with van der Waals surface area (Å²) in [5, 5.41) is 18.4. The molecule has 2 aliphatic rings. The van der Waals surface area contributed by atoms with Gasteiger partial charge in [0.25, 0.3) is 5.91 Å². The van der Waals surface area contributed by atoms with Crippen molar-refractivity contribution in [3.8, 4) is 11.5 Å². The Morgan fingerprint density at radius 1 is 0.849 bits per heavy atom. The zero-order valence-corrected chi connectivity index (χ0v) is 32.0. The van der Waals surface area contributed by atoms with E-state index in [1.54, 1.807) is 35.2 Å². The van der Waals surface area contributed by atoms with Gasteiger partial charge in [-0.05, 0) is 78.7 Å². The van der Waals surface area contributed by atoms with E-state index in [4.69, 9.17) is 9.47 Å². The fraction of sp³-hybridized carbons (Fsp3) is 0.585. The molecule has 2 fully saturated rings. The summed E-state index contributed by atoms with van der Waals surface area (Å²) >= 11 is 0. The van der Waals surface area contributed by atoms with Gasteiger partial charge in [-0.3, -0.25) is 14.4 Å². The minimum Gasteiger partial charge on any atom is -0.483 e. The Hall–Kier alpha value is -4.61. The first kappa shape index (κ1) is 41.2. The Morgan fingerprint density at radius 3 is 2.13 bits per heavy atom. The van der Waals surface area contributed by atoms with Gasteiger partial charge in [0.2, 0.25) is 11.8 Å². The molecule has 4 amide bonds. The lowest BCUT2D eigenvalue weighted by molar-refractivity contribution is -0.142. The molecular formula is C41H58N4O8. The van der Waals surface area contributed by atoms with Crippen LogP contribution in [0.25, 0.3) is 0 Å². The first-order chi connectivity index (χ1) is 25.2. The number of carbonyl (C=O) groups excluding carboxylic acids is 4. The van der Waals surface area contributed by atoms with E-state index in [2.05, 4.69) is 16.0 Å². The van der Waals surface area contributed by atoms with Crippen molar-refractivity contribution in [3.63, 3.8) is 0 Å². The van der Waals surface area contributed by atoms with Gasteiger partial charge in [-0.2, -0.15) is 0 Å². The predicted octanol–water partition coefficient (Wildman–Crippen LogP) is 5.76. The van der Waals surface area contributed by atoms with Crippen LogP contribution in [-0.4, -0.2) is 77.6 Å². The third-order valence-electron chi connectivity index (χ3n) is 9.91. The van der Waals surface area contributed by atoms with Crippen LogP contribution in [0.2, 0.25) is 0 Å². The van der Waals surface area contributed by atoms with Gasteiger partial charge in [0, 0.05) is 32.0 Å². The summed E-state index contributed by atoms with van der Waals surface area (Å²) in [4.78, 5) is 65.5. The maximum Gasteiger partial charge on any atom is 0.415 e. The fourth-order valence-corrected chi connectivity index (χ4v) is 7.01. The van der Waals surface area contributed by atoms with Crippen molar-refractivity contribution in [3.05, 3.63) is 59.7 Å². The number of aliphatic carboxylic acids is 1. The molecule has 1 aliphatic carbocycles. The number of hydrogen-bond acceptors (Lipinski definition) is 7. The molecule has 4 rings (SSSR count). The van der Waals surface area contributed by atoms with Crippen LogP contribution in [0.15, 0.2) is 48.5 Å². The van der Waals surface area contributed by atoms with Crippen LogP contribution >= 0.6 is 0 Å². The van der Waals surface area contributed by atoms with Gasteiger partial charge >= 0.3 is 12.1 Å². The summed E-state index contributed by atoms with van der Waals surface area (Å²) < 4.78 is 11.4. The number of benzene rings is 2. The average Bonchev–Trinajstić information content (AvgIpc) is 3.11. The van der Waals surface area contributed by atoms with E-state index in [0.717, 1.165) is 18.4 Å². The van der Waals surface area contributed by atoms with Gasteiger partial charge in [-0.15, -0.1) is 0 Å². The van der Waals surface area contributed by atoms with Crippen LogP contribution < -0.4 is 25.4 Å². The van der Waals surface area contributed by atoms with Crippen LogP contribution in [0.3, 0.4) is 0 Å². The zero-order valence-electron chi connectivity index (χ0n) is 32.0. The number of para-hydroxylation sites is 1. The molecule has 0 spiro atoms. The molecule has 0 radical (unpaired) electrons. The lowest BCUT2D eigenvalue weighted by atomic mass is 9.86. The Balaban J connectivity index is 1.25. The molecule has 0 aromatic heterocycles. The van der Waals surface area contributed by atoms with E-state index in [1.165, 1.54) is 19.3 Å². The van der Waals surface area contributed by atoms with Crippen molar-refractivity contribution in [1.29, 1.82) is 0 Å². The van der Waals surface area contributed by atoms with E-state index in [-0.39, 0.29) is 36.3 Å². The largest absolute Gasteiger partial charge is 0.483 e. The highest BCUT2D eigenvalue weighted by Crippen LogP contribution is 2.31. The highest BCUT2D eigenvalue weighted by molar-refractivity contribution is 5.91. The Kier molecular flexibility index (Phi) is 15.1. The predicted molar refractivity (Wildman–Crippen MR) is 202 cm³/mol. The molecule has 2 aromatic rings. The smallest absolute Gasteiger partial charge is 0.415 e. The molecule has 290 valence electrons. The van der Waals surface area contributed by atoms with E-state index >= 15 is 0 Å². The number of hydrogen-bond donors (Lipinski definition) is 4. The van der Waals surface area contributed by atoms with E-state index in [9.17, 15) is 29.1 Å². The third-order valence-corrected chi connectivity index (χ3v) is 9.91. The Labute approximate surface area is 313 Å². The van der Waals surface area contributed by atoms with E-state index in [1.807, 2.05) is 52.8 Å². The quantitative estimate of drug-likeness (QED) is 0.180. The molecule has 1 heterocycles. The van der Waals surface area contributed by atoms with Crippen molar-refractivity contribution in [2.45, 2.75) is 122 Å². The van der Waals surface area contributed by atoms with Gasteiger partial charge < -0.3 is 35.4 Å². The van der Waals surface area contributed by atoms with Crippen molar-refractivity contribution in [2.75, 3.05) is 19.7 Å². The SMILES string of the molecule is CC(C)CC(NC(=O)COc1ccccc1C(C)(C)C)C(=O)NC(Cc1ccc(OC(=O)N2CCC(NC(=O)CC3CCCCC3)CC2)cc1)C(=O)O. The molecule has 2 aromatic carbocycles. The van der Waals surface area contributed by atoms with Gasteiger partial charge in [0.1, 0.15) is 23.6 Å². The Morgan fingerprint density at radius 2 is 1.51 bits per heavy atom. The fourth-order valence-electron chi connectivity index (χ4n) is 7.01. The van der Waals surface area contributed by atoms with Crippen LogP contribution in [-0.2, 0) is 31.0 Å². The van der Waals surface area contributed by atoms with E-state index < -0.39 is 36.0 Å². The maximum atomic E-state index is 13.3. The van der Waals surface area contributed by atoms with Crippen LogP contribution in [0.1, 0.15) is 104 Å². The van der Waals surface area contributed by atoms with Gasteiger partial charge in [-0.1, -0.05) is 84.2 Å². The second-order valence-corrected chi connectivity index (χ2v) is 15.9. The van der Waals surface area contributed by atoms with Gasteiger partial charge in [-0.25, -0.2) is 9.59 Å². The van der Waals surface area contributed by atoms with Crippen molar-refractivity contribution >= 4 is 29.8 Å². The number of carboxylic acids is 1. The molecular weight excluding hydrogens is 676 g/mol. The number of amides is 4. The molecule has 53 heavy (non-hydrogen) atoms. The second kappa shape index (κ2) is 19.5. The molecule has 4 N–H and O–H groups in total. The number of rotatable bonds is 15. The van der Waals surface area contributed by atoms with Crippen LogP contribution in [0, 0.1) is 11.8 Å². The lowest BCUT2D eigenvalue weighted by Gasteiger charge is -2.32. The summed E-state index contributed by atoms with van der Waals surface area (Å²) in [7, 11) is 0.